The number of rotatable bonds is 12. The maximum atomic E-state index is 12.8. The van der Waals surface area contributed by atoms with Crippen molar-refractivity contribution in [2.45, 2.75) is 19.9 Å². The van der Waals surface area contributed by atoms with Crippen molar-refractivity contribution in [1.82, 2.24) is 9.80 Å². The van der Waals surface area contributed by atoms with E-state index in [0.717, 1.165) is 0 Å². The van der Waals surface area contributed by atoms with E-state index in [1.165, 1.54) is 23.3 Å². The van der Waals surface area contributed by atoms with Crippen LogP contribution in [0.5, 0.6) is 5.75 Å². The number of carboxylic acid groups (broad SMARTS) is 1. The molecule has 10 heteroatoms. The zero-order chi connectivity index (χ0) is 29.2. The molecule has 0 bridgehead atoms. The third-order valence-electron chi connectivity index (χ3n) is 6.79. The van der Waals surface area contributed by atoms with Gasteiger partial charge in [0, 0.05) is 31.7 Å². The van der Waals surface area contributed by atoms with Gasteiger partial charge in [-0.15, -0.1) is 0 Å². The monoisotopic (exact) mass is 581 g/mol. The number of carboxylic acids is 1. The standard InChI is InChI=1S/C32H37N3O6.Na/c1-23(2)20-41-26-13-14-28(27(19-26)32(38)39)33-29(36)21-40-22-30(37)34-15-17-35(18-16-34)31(24-9-5-3-6-10-24)25-11-7-4-8-12-25;/h3-14,19,23,31H,15-18,20-22H2,1-2H3,(H,33,36)(H,38,39);/q;+1/p-1. The SMILES string of the molecule is CC(C)COc1ccc(NC(=O)COCC(=O)N2CCN(C(c3ccccc3)c3ccccc3)CC2)c(C(=O)[O-])c1.[Na+]. The maximum Gasteiger partial charge on any atom is 1.00 e. The molecule has 0 unspecified atom stereocenters. The van der Waals surface area contributed by atoms with Crippen molar-refractivity contribution in [3.05, 3.63) is 95.6 Å². The molecule has 1 saturated heterocycles. The second-order valence-corrected chi connectivity index (χ2v) is 10.4. The molecular weight excluding hydrogens is 545 g/mol. The van der Waals surface area contributed by atoms with E-state index in [-0.39, 0.29) is 65.3 Å². The third-order valence-corrected chi connectivity index (χ3v) is 6.79. The molecule has 3 aromatic rings. The number of anilines is 1. The number of carbonyl (C=O) groups is 3. The third kappa shape index (κ3) is 9.40. The fraction of sp³-hybridized carbons (Fsp3) is 0.344. The molecule has 9 nitrogen and oxygen atoms in total. The Morgan fingerprint density at radius 3 is 2.00 bits per heavy atom. The van der Waals surface area contributed by atoms with Gasteiger partial charge in [0.25, 0.3) is 0 Å². The second-order valence-electron chi connectivity index (χ2n) is 10.4. The number of nitrogens with zero attached hydrogens (tertiary/aromatic N) is 2. The minimum Gasteiger partial charge on any atom is -0.545 e. The van der Waals surface area contributed by atoms with Gasteiger partial charge in [0.1, 0.15) is 19.0 Å². The summed E-state index contributed by atoms with van der Waals surface area (Å²) in [5.74, 6) is -1.57. The Hall–Kier alpha value is -3.21. The molecule has 1 fully saturated rings. The molecule has 216 valence electrons. The van der Waals surface area contributed by atoms with Crippen LogP contribution < -0.4 is 44.7 Å². The molecule has 0 atom stereocenters. The first-order chi connectivity index (χ1) is 19.8. The van der Waals surface area contributed by atoms with Crippen LogP contribution in [-0.4, -0.2) is 73.6 Å². The van der Waals surface area contributed by atoms with Crippen LogP contribution in [0.15, 0.2) is 78.9 Å². The van der Waals surface area contributed by atoms with E-state index in [2.05, 4.69) is 34.5 Å². The van der Waals surface area contributed by atoms with Gasteiger partial charge in [0.2, 0.25) is 11.8 Å². The molecule has 0 spiro atoms. The number of hydrogen-bond donors (Lipinski definition) is 1. The van der Waals surface area contributed by atoms with E-state index >= 15 is 0 Å². The molecule has 42 heavy (non-hydrogen) atoms. The number of ether oxygens (including phenoxy) is 2. The van der Waals surface area contributed by atoms with Crippen LogP contribution in [0.1, 0.15) is 41.4 Å². The first-order valence-corrected chi connectivity index (χ1v) is 13.8. The molecule has 3 aromatic carbocycles. The molecule has 1 N–H and O–H groups in total. The Morgan fingerprint density at radius 1 is 0.857 bits per heavy atom. The zero-order valence-corrected chi connectivity index (χ0v) is 26.5. The summed E-state index contributed by atoms with van der Waals surface area (Å²) in [4.78, 5) is 40.9. The fourth-order valence-corrected chi connectivity index (χ4v) is 4.78. The summed E-state index contributed by atoms with van der Waals surface area (Å²) >= 11 is 0. The van der Waals surface area contributed by atoms with Gasteiger partial charge in [0.15, 0.2) is 0 Å². The van der Waals surface area contributed by atoms with Gasteiger partial charge in [-0.2, -0.15) is 0 Å². The summed E-state index contributed by atoms with van der Waals surface area (Å²) in [6.07, 6.45) is 0. The number of nitrogens with one attached hydrogen (secondary N) is 1. The van der Waals surface area contributed by atoms with E-state index in [1.807, 2.05) is 50.2 Å². The molecule has 0 aliphatic carbocycles. The van der Waals surface area contributed by atoms with Crippen LogP contribution in [0.4, 0.5) is 5.69 Å². The van der Waals surface area contributed by atoms with Crippen molar-refractivity contribution < 1.29 is 58.5 Å². The summed E-state index contributed by atoms with van der Waals surface area (Å²) in [5, 5.41) is 14.1. The van der Waals surface area contributed by atoms with E-state index < -0.39 is 18.5 Å². The summed E-state index contributed by atoms with van der Waals surface area (Å²) in [7, 11) is 0. The van der Waals surface area contributed by atoms with E-state index in [9.17, 15) is 19.5 Å². The molecule has 0 aromatic heterocycles. The van der Waals surface area contributed by atoms with Crippen molar-refractivity contribution in [1.29, 1.82) is 0 Å². The van der Waals surface area contributed by atoms with Gasteiger partial charge in [-0.25, -0.2) is 0 Å². The number of aromatic carboxylic acids is 1. The number of amides is 2. The first kappa shape index (κ1) is 33.3. The van der Waals surface area contributed by atoms with E-state index in [4.69, 9.17) is 9.47 Å². The zero-order valence-electron chi connectivity index (χ0n) is 24.5. The summed E-state index contributed by atoms with van der Waals surface area (Å²) in [5.41, 5.74) is 2.28. The molecule has 1 aliphatic rings. The molecule has 1 heterocycles. The van der Waals surface area contributed by atoms with Crippen LogP contribution >= 0.6 is 0 Å². The van der Waals surface area contributed by atoms with Crippen LogP contribution in [0.3, 0.4) is 0 Å². The normalized spacial score (nSPS) is 13.5. The van der Waals surface area contributed by atoms with Gasteiger partial charge < -0.3 is 29.6 Å². The summed E-state index contributed by atoms with van der Waals surface area (Å²) < 4.78 is 10.9. The maximum absolute atomic E-state index is 12.8. The van der Waals surface area contributed by atoms with Crippen molar-refractivity contribution in [2.24, 2.45) is 5.92 Å². The molecule has 1 aliphatic heterocycles. The number of piperazine rings is 1. The minimum absolute atomic E-state index is 0. The fourth-order valence-electron chi connectivity index (χ4n) is 4.78. The summed E-state index contributed by atoms with van der Waals surface area (Å²) in [6.45, 7) is 6.23. The Morgan fingerprint density at radius 2 is 1.45 bits per heavy atom. The van der Waals surface area contributed by atoms with Crippen LogP contribution in [0.2, 0.25) is 0 Å². The Balaban J connectivity index is 0.00000484. The smallest absolute Gasteiger partial charge is 0.545 e. The number of carbonyl (C=O) groups excluding carboxylic acids is 3. The largest absolute Gasteiger partial charge is 1.00 e. The molecular formula is C32H36N3NaO6. The Bertz CT molecular complexity index is 1270. The van der Waals surface area contributed by atoms with Crippen LogP contribution in [0, 0.1) is 5.92 Å². The average Bonchev–Trinajstić information content (AvgIpc) is 2.98. The van der Waals surface area contributed by atoms with E-state index in [1.54, 1.807) is 11.0 Å². The molecule has 0 radical (unpaired) electrons. The predicted molar refractivity (Wildman–Crippen MR) is 153 cm³/mol. The van der Waals surface area contributed by atoms with Crippen molar-refractivity contribution in [3.63, 3.8) is 0 Å². The summed E-state index contributed by atoms with van der Waals surface area (Å²) in [6, 6.07) is 25.1. The van der Waals surface area contributed by atoms with E-state index in [0.29, 0.717) is 38.5 Å². The second kappa shape index (κ2) is 16.4. The first-order valence-electron chi connectivity index (χ1n) is 13.8. The van der Waals surface area contributed by atoms with Gasteiger partial charge in [-0.1, -0.05) is 74.5 Å². The number of hydrogen-bond acceptors (Lipinski definition) is 7. The molecule has 4 rings (SSSR count). The van der Waals surface area contributed by atoms with Crippen molar-refractivity contribution >= 4 is 23.5 Å². The van der Waals surface area contributed by atoms with Gasteiger partial charge in [0.05, 0.1) is 24.3 Å². The quantitative estimate of drug-likeness (QED) is 0.299. The van der Waals surface area contributed by atoms with Crippen LogP contribution in [-0.2, 0) is 14.3 Å². The number of benzene rings is 3. The topological polar surface area (TPSA) is 111 Å². The van der Waals surface area contributed by atoms with Gasteiger partial charge in [-0.3, -0.25) is 14.5 Å². The molecule has 0 saturated carbocycles. The Kier molecular flexibility index (Phi) is 13.0. The average molecular weight is 582 g/mol. The van der Waals surface area contributed by atoms with Gasteiger partial charge in [-0.05, 0) is 35.2 Å². The predicted octanol–water partition coefficient (Wildman–Crippen LogP) is -0.0222. The van der Waals surface area contributed by atoms with Crippen molar-refractivity contribution in [3.8, 4) is 5.75 Å². The minimum atomic E-state index is -1.44. The Labute approximate surface area is 269 Å². The molecule has 2 amide bonds. The van der Waals surface area contributed by atoms with Crippen LogP contribution in [0.25, 0.3) is 0 Å². The van der Waals surface area contributed by atoms with Crippen molar-refractivity contribution in [2.75, 3.05) is 51.3 Å². The van der Waals surface area contributed by atoms with Gasteiger partial charge >= 0.3 is 29.6 Å².